The Labute approximate surface area is 104 Å². The lowest BCUT2D eigenvalue weighted by molar-refractivity contribution is 0.103. The van der Waals surface area contributed by atoms with Gasteiger partial charge in [-0.15, -0.1) is 0 Å². The highest BCUT2D eigenvalue weighted by molar-refractivity contribution is 6.35. The average Bonchev–Trinajstić information content (AvgIpc) is 2.38. The Balaban J connectivity index is 2.44. The molecule has 0 atom stereocenters. The molecule has 2 aromatic carbocycles. The first-order valence-electron chi connectivity index (χ1n) is 5.07. The fourth-order valence-corrected chi connectivity index (χ4v) is 1.78. The Morgan fingerprint density at radius 2 is 1.82 bits per heavy atom. The van der Waals surface area contributed by atoms with Crippen LogP contribution in [0.1, 0.15) is 26.3 Å². The van der Waals surface area contributed by atoms with Gasteiger partial charge in [-0.1, -0.05) is 41.9 Å². The van der Waals surface area contributed by atoms with Gasteiger partial charge in [0.25, 0.3) is 0 Å². The van der Waals surface area contributed by atoms with Gasteiger partial charge in [-0.3, -0.25) is 9.59 Å². The first-order valence-corrected chi connectivity index (χ1v) is 5.44. The van der Waals surface area contributed by atoms with E-state index >= 15 is 0 Å². The number of rotatable bonds is 3. The Hall–Kier alpha value is -1.93. The molecule has 17 heavy (non-hydrogen) atoms. The zero-order chi connectivity index (χ0) is 12.3. The molecule has 2 nitrogen and oxygen atoms in total. The van der Waals surface area contributed by atoms with Crippen LogP contribution in [0.5, 0.6) is 0 Å². The molecule has 0 aliphatic heterocycles. The van der Waals surface area contributed by atoms with Crippen LogP contribution in [-0.4, -0.2) is 12.1 Å². The minimum absolute atomic E-state index is 0.181. The van der Waals surface area contributed by atoms with Crippen LogP contribution in [0.25, 0.3) is 0 Å². The third-order valence-corrected chi connectivity index (χ3v) is 2.73. The number of ketones is 1. The van der Waals surface area contributed by atoms with Crippen LogP contribution in [-0.2, 0) is 0 Å². The van der Waals surface area contributed by atoms with Crippen molar-refractivity contribution in [2.75, 3.05) is 0 Å². The predicted molar refractivity (Wildman–Crippen MR) is 66.7 cm³/mol. The summed E-state index contributed by atoms with van der Waals surface area (Å²) in [4.78, 5) is 22.8. The van der Waals surface area contributed by atoms with E-state index in [1.807, 2.05) is 0 Å². The smallest absolute Gasteiger partial charge is 0.194 e. The van der Waals surface area contributed by atoms with Crippen LogP contribution in [0.3, 0.4) is 0 Å². The molecule has 0 N–H and O–H groups in total. The SMILES string of the molecule is O=Cc1cccc(C(=O)c2ccccc2Cl)c1. The molecule has 2 aromatic rings. The number of carbonyl (C=O) groups is 2. The van der Waals surface area contributed by atoms with Crippen molar-refractivity contribution < 1.29 is 9.59 Å². The summed E-state index contributed by atoms with van der Waals surface area (Å²) >= 11 is 5.95. The Kier molecular flexibility index (Phi) is 3.35. The van der Waals surface area contributed by atoms with Gasteiger partial charge in [0.15, 0.2) is 5.78 Å². The molecule has 3 heteroatoms. The number of hydrogen-bond donors (Lipinski definition) is 0. The van der Waals surface area contributed by atoms with Gasteiger partial charge in [0.05, 0.1) is 5.02 Å². The van der Waals surface area contributed by atoms with Crippen molar-refractivity contribution >= 4 is 23.7 Å². The zero-order valence-corrected chi connectivity index (χ0v) is 9.65. The molecular formula is C14H9ClO2. The van der Waals surface area contributed by atoms with Gasteiger partial charge in [0.1, 0.15) is 6.29 Å². The van der Waals surface area contributed by atoms with Gasteiger partial charge in [-0.05, 0) is 18.2 Å². The summed E-state index contributed by atoms with van der Waals surface area (Å²) in [5.74, 6) is -0.181. The number of aldehydes is 1. The van der Waals surface area contributed by atoms with Gasteiger partial charge in [-0.25, -0.2) is 0 Å². The van der Waals surface area contributed by atoms with Crippen molar-refractivity contribution in [1.82, 2.24) is 0 Å². The summed E-state index contributed by atoms with van der Waals surface area (Å²) in [6.45, 7) is 0. The largest absolute Gasteiger partial charge is 0.298 e. The normalized spacial score (nSPS) is 9.94. The molecule has 84 valence electrons. The maximum atomic E-state index is 12.1. The highest BCUT2D eigenvalue weighted by Gasteiger charge is 2.12. The average molecular weight is 245 g/mol. The lowest BCUT2D eigenvalue weighted by Crippen LogP contribution is -2.02. The van der Waals surface area contributed by atoms with Crippen LogP contribution in [0, 0.1) is 0 Å². The van der Waals surface area contributed by atoms with Crippen molar-refractivity contribution in [2.24, 2.45) is 0 Å². The van der Waals surface area contributed by atoms with Crippen LogP contribution in [0.2, 0.25) is 5.02 Å². The third kappa shape index (κ3) is 2.43. The molecule has 0 heterocycles. The second kappa shape index (κ2) is 4.93. The van der Waals surface area contributed by atoms with E-state index in [2.05, 4.69) is 0 Å². The van der Waals surface area contributed by atoms with E-state index in [4.69, 9.17) is 11.6 Å². The molecule has 2 rings (SSSR count). The molecule has 0 radical (unpaired) electrons. The lowest BCUT2D eigenvalue weighted by atomic mass is 10.0. The summed E-state index contributed by atoms with van der Waals surface area (Å²) in [5, 5.41) is 0.411. The Morgan fingerprint density at radius 1 is 1.06 bits per heavy atom. The molecular weight excluding hydrogens is 236 g/mol. The highest BCUT2D eigenvalue weighted by atomic mass is 35.5. The third-order valence-electron chi connectivity index (χ3n) is 2.40. The number of halogens is 1. The standard InChI is InChI=1S/C14H9ClO2/c15-13-7-2-1-6-12(13)14(17)11-5-3-4-10(8-11)9-16/h1-9H. The number of hydrogen-bond acceptors (Lipinski definition) is 2. The summed E-state index contributed by atoms with van der Waals surface area (Å²) in [5.41, 5.74) is 1.38. The van der Waals surface area contributed by atoms with E-state index in [-0.39, 0.29) is 5.78 Å². The second-order valence-corrected chi connectivity index (χ2v) is 3.96. The molecule has 0 saturated carbocycles. The van der Waals surface area contributed by atoms with Crippen molar-refractivity contribution in [2.45, 2.75) is 0 Å². The molecule has 0 amide bonds. The van der Waals surface area contributed by atoms with Gasteiger partial charge in [-0.2, -0.15) is 0 Å². The van der Waals surface area contributed by atoms with Crippen molar-refractivity contribution in [3.63, 3.8) is 0 Å². The van der Waals surface area contributed by atoms with Crippen LogP contribution in [0.15, 0.2) is 48.5 Å². The summed E-state index contributed by atoms with van der Waals surface area (Å²) < 4.78 is 0. The first-order chi connectivity index (χ1) is 8.22. The van der Waals surface area contributed by atoms with Crippen LogP contribution >= 0.6 is 11.6 Å². The van der Waals surface area contributed by atoms with Gasteiger partial charge in [0, 0.05) is 16.7 Å². The molecule has 0 fully saturated rings. The molecule has 0 unspecified atom stereocenters. The summed E-state index contributed by atoms with van der Waals surface area (Å²) in [7, 11) is 0. The quantitative estimate of drug-likeness (QED) is 0.613. The van der Waals surface area contributed by atoms with E-state index in [0.29, 0.717) is 28.0 Å². The van der Waals surface area contributed by atoms with Crippen molar-refractivity contribution in [1.29, 1.82) is 0 Å². The van der Waals surface area contributed by atoms with Crippen LogP contribution in [0.4, 0.5) is 0 Å². The fraction of sp³-hybridized carbons (Fsp3) is 0. The molecule has 0 aromatic heterocycles. The molecule has 0 aliphatic carbocycles. The van der Waals surface area contributed by atoms with E-state index in [9.17, 15) is 9.59 Å². The minimum atomic E-state index is -0.181. The van der Waals surface area contributed by atoms with Crippen molar-refractivity contribution in [3.8, 4) is 0 Å². The lowest BCUT2D eigenvalue weighted by Gasteiger charge is -2.03. The maximum absolute atomic E-state index is 12.1. The van der Waals surface area contributed by atoms with E-state index < -0.39 is 0 Å². The monoisotopic (exact) mass is 244 g/mol. The van der Waals surface area contributed by atoms with Crippen LogP contribution < -0.4 is 0 Å². The molecule has 0 saturated heterocycles. The van der Waals surface area contributed by atoms with Gasteiger partial charge >= 0.3 is 0 Å². The van der Waals surface area contributed by atoms with Gasteiger partial charge < -0.3 is 0 Å². The highest BCUT2D eigenvalue weighted by Crippen LogP contribution is 2.19. The minimum Gasteiger partial charge on any atom is -0.298 e. The number of carbonyl (C=O) groups excluding carboxylic acids is 2. The molecule has 0 spiro atoms. The molecule has 0 bridgehead atoms. The van der Waals surface area contributed by atoms with E-state index in [1.54, 1.807) is 48.5 Å². The first kappa shape index (κ1) is 11.6. The fourth-order valence-electron chi connectivity index (χ4n) is 1.55. The van der Waals surface area contributed by atoms with Crippen molar-refractivity contribution in [3.05, 3.63) is 70.2 Å². The van der Waals surface area contributed by atoms with Gasteiger partial charge in [0.2, 0.25) is 0 Å². The topological polar surface area (TPSA) is 34.1 Å². The number of benzene rings is 2. The molecule has 0 aliphatic rings. The Morgan fingerprint density at radius 3 is 2.53 bits per heavy atom. The maximum Gasteiger partial charge on any atom is 0.194 e. The zero-order valence-electron chi connectivity index (χ0n) is 8.89. The summed E-state index contributed by atoms with van der Waals surface area (Å²) in [6.07, 6.45) is 0.712. The Bertz CT molecular complexity index is 576. The second-order valence-electron chi connectivity index (χ2n) is 3.55. The predicted octanol–water partition coefficient (Wildman–Crippen LogP) is 3.38. The van der Waals surface area contributed by atoms with E-state index in [1.165, 1.54) is 0 Å². The van der Waals surface area contributed by atoms with E-state index in [0.717, 1.165) is 0 Å². The summed E-state index contributed by atoms with van der Waals surface area (Å²) in [6, 6.07) is 13.4.